The Hall–Kier alpha value is -3.05. The molecular weight excluding hydrogens is 320 g/mol. The number of aryl methyl sites for hydroxylation is 1. The van der Waals surface area contributed by atoms with Gasteiger partial charge in [0.25, 0.3) is 0 Å². The van der Waals surface area contributed by atoms with E-state index in [1.54, 1.807) is 6.92 Å². The van der Waals surface area contributed by atoms with Crippen molar-refractivity contribution in [3.8, 4) is 16.9 Å². The molecule has 2 N–H and O–H groups in total. The third-order valence-corrected chi connectivity index (χ3v) is 3.95. The van der Waals surface area contributed by atoms with Gasteiger partial charge in [0.05, 0.1) is 6.61 Å². The zero-order valence-electron chi connectivity index (χ0n) is 13.7. The van der Waals surface area contributed by atoms with Crippen LogP contribution in [0.25, 0.3) is 11.1 Å². The first-order valence-electron chi connectivity index (χ1n) is 7.82. The standard InChI is InChI=1S/C20H18O5/c1-13-17(10-19(25-13)20(22)23)12-24-18-8-6-16(7-9-18)15-4-2-14(11-21)3-5-15/h2-10,21H,11-12H2,1H3,(H,22,23). The van der Waals surface area contributed by atoms with Gasteiger partial charge in [-0.2, -0.15) is 0 Å². The zero-order valence-corrected chi connectivity index (χ0v) is 13.7. The first kappa shape index (κ1) is 16.8. The van der Waals surface area contributed by atoms with Gasteiger partial charge in [0.1, 0.15) is 18.1 Å². The summed E-state index contributed by atoms with van der Waals surface area (Å²) in [6, 6.07) is 16.8. The lowest BCUT2D eigenvalue weighted by Gasteiger charge is -2.07. The maximum absolute atomic E-state index is 10.9. The van der Waals surface area contributed by atoms with Crippen molar-refractivity contribution in [3.63, 3.8) is 0 Å². The second-order valence-electron chi connectivity index (χ2n) is 5.67. The Morgan fingerprint density at radius 3 is 2.16 bits per heavy atom. The molecule has 0 saturated heterocycles. The van der Waals surface area contributed by atoms with Crippen LogP contribution in [-0.4, -0.2) is 16.2 Å². The van der Waals surface area contributed by atoms with Gasteiger partial charge in [0.15, 0.2) is 0 Å². The van der Waals surface area contributed by atoms with Crippen LogP contribution in [0.4, 0.5) is 0 Å². The molecule has 0 aliphatic carbocycles. The molecule has 0 aliphatic rings. The molecule has 0 spiro atoms. The van der Waals surface area contributed by atoms with Crippen LogP contribution in [0.1, 0.15) is 27.4 Å². The quantitative estimate of drug-likeness (QED) is 0.709. The van der Waals surface area contributed by atoms with Crippen LogP contribution < -0.4 is 4.74 Å². The van der Waals surface area contributed by atoms with Crippen LogP contribution in [0.5, 0.6) is 5.75 Å². The molecule has 5 heteroatoms. The van der Waals surface area contributed by atoms with Crippen LogP contribution in [0, 0.1) is 6.92 Å². The summed E-state index contributed by atoms with van der Waals surface area (Å²) >= 11 is 0. The number of carboxylic acids is 1. The first-order chi connectivity index (χ1) is 12.1. The number of ether oxygens (including phenoxy) is 1. The number of rotatable bonds is 6. The smallest absolute Gasteiger partial charge is 0.371 e. The molecule has 0 radical (unpaired) electrons. The van der Waals surface area contributed by atoms with Crippen molar-refractivity contribution >= 4 is 5.97 Å². The Morgan fingerprint density at radius 1 is 1.04 bits per heavy atom. The van der Waals surface area contributed by atoms with E-state index >= 15 is 0 Å². The van der Waals surface area contributed by atoms with Crippen LogP contribution in [-0.2, 0) is 13.2 Å². The van der Waals surface area contributed by atoms with Crippen LogP contribution >= 0.6 is 0 Å². The lowest BCUT2D eigenvalue weighted by molar-refractivity contribution is 0.0661. The Labute approximate surface area is 145 Å². The summed E-state index contributed by atoms with van der Waals surface area (Å²) in [5.41, 5.74) is 3.69. The van der Waals surface area contributed by atoms with Gasteiger partial charge in [-0.1, -0.05) is 36.4 Å². The van der Waals surface area contributed by atoms with Crippen molar-refractivity contribution in [1.82, 2.24) is 0 Å². The molecule has 0 bridgehead atoms. The number of aliphatic hydroxyl groups excluding tert-OH is 1. The van der Waals surface area contributed by atoms with E-state index in [-0.39, 0.29) is 19.0 Å². The second kappa shape index (κ2) is 7.23. The van der Waals surface area contributed by atoms with Gasteiger partial charge < -0.3 is 19.4 Å². The summed E-state index contributed by atoms with van der Waals surface area (Å²) in [6.07, 6.45) is 0. The molecule has 2 aromatic carbocycles. The fourth-order valence-electron chi connectivity index (χ4n) is 2.48. The molecule has 1 heterocycles. The van der Waals surface area contributed by atoms with E-state index in [9.17, 15) is 4.79 Å². The fraction of sp³-hybridized carbons (Fsp3) is 0.150. The summed E-state index contributed by atoms with van der Waals surface area (Å²) in [6.45, 7) is 1.99. The third-order valence-electron chi connectivity index (χ3n) is 3.95. The summed E-state index contributed by atoms with van der Waals surface area (Å²) in [5.74, 6) is 0.0508. The SMILES string of the molecule is Cc1oc(C(=O)O)cc1COc1ccc(-c2ccc(CO)cc2)cc1. The minimum atomic E-state index is -1.09. The summed E-state index contributed by atoms with van der Waals surface area (Å²) in [4.78, 5) is 10.9. The van der Waals surface area contributed by atoms with Gasteiger partial charge in [-0.25, -0.2) is 4.79 Å². The number of furan rings is 1. The molecule has 1 aromatic heterocycles. The molecule has 0 aliphatic heterocycles. The van der Waals surface area contributed by atoms with Crippen LogP contribution in [0.3, 0.4) is 0 Å². The number of hydrogen-bond donors (Lipinski definition) is 2. The molecule has 0 amide bonds. The molecule has 0 fully saturated rings. The summed E-state index contributed by atoms with van der Waals surface area (Å²) in [5, 5.41) is 18.0. The lowest BCUT2D eigenvalue weighted by atomic mass is 10.0. The molecule has 25 heavy (non-hydrogen) atoms. The van der Waals surface area contributed by atoms with Gasteiger partial charge in [-0.15, -0.1) is 0 Å². The predicted octanol–water partition coefficient (Wildman–Crippen LogP) is 4.02. The molecule has 5 nitrogen and oxygen atoms in total. The number of carboxylic acid groups (broad SMARTS) is 1. The van der Waals surface area contributed by atoms with E-state index in [4.69, 9.17) is 19.4 Å². The van der Waals surface area contributed by atoms with E-state index in [1.165, 1.54) is 6.07 Å². The normalized spacial score (nSPS) is 10.6. The van der Waals surface area contributed by atoms with E-state index in [0.717, 1.165) is 16.7 Å². The maximum Gasteiger partial charge on any atom is 0.371 e. The maximum atomic E-state index is 10.9. The van der Waals surface area contributed by atoms with Crippen molar-refractivity contribution in [3.05, 3.63) is 77.2 Å². The fourth-order valence-corrected chi connectivity index (χ4v) is 2.48. The predicted molar refractivity (Wildman–Crippen MR) is 92.5 cm³/mol. The topological polar surface area (TPSA) is 79.9 Å². The average molecular weight is 338 g/mol. The average Bonchev–Trinajstić information content (AvgIpc) is 3.02. The first-order valence-corrected chi connectivity index (χ1v) is 7.82. The second-order valence-corrected chi connectivity index (χ2v) is 5.67. The van der Waals surface area contributed by atoms with Crippen LogP contribution in [0.2, 0.25) is 0 Å². The van der Waals surface area contributed by atoms with E-state index in [1.807, 2.05) is 48.5 Å². The minimum Gasteiger partial charge on any atom is -0.489 e. The van der Waals surface area contributed by atoms with Crippen LogP contribution in [0.15, 0.2) is 59.0 Å². The van der Waals surface area contributed by atoms with Gasteiger partial charge >= 0.3 is 5.97 Å². The van der Waals surface area contributed by atoms with Gasteiger partial charge in [0.2, 0.25) is 5.76 Å². The number of aromatic carboxylic acids is 1. The summed E-state index contributed by atoms with van der Waals surface area (Å²) < 4.78 is 10.9. The molecule has 3 aromatic rings. The highest BCUT2D eigenvalue weighted by Gasteiger charge is 2.13. The highest BCUT2D eigenvalue weighted by atomic mass is 16.5. The molecule has 3 rings (SSSR count). The van der Waals surface area contributed by atoms with Gasteiger partial charge in [-0.05, 0) is 41.8 Å². The number of benzene rings is 2. The van der Waals surface area contributed by atoms with Gasteiger partial charge in [-0.3, -0.25) is 0 Å². The minimum absolute atomic E-state index is 0.0318. The monoisotopic (exact) mass is 338 g/mol. The third kappa shape index (κ3) is 3.89. The summed E-state index contributed by atoms with van der Waals surface area (Å²) in [7, 11) is 0. The Morgan fingerprint density at radius 2 is 1.64 bits per heavy atom. The zero-order chi connectivity index (χ0) is 17.8. The van der Waals surface area contributed by atoms with Crippen molar-refractivity contribution in [2.75, 3.05) is 0 Å². The molecular formula is C20H18O5. The number of hydrogen-bond acceptors (Lipinski definition) is 4. The van der Waals surface area contributed by atoms with Crippen molar-refractivity contribution in [1.29, 1.82) is 0 Å². The highest BCUT2D eigenvalue weighted by molar-refractivity contribution is 5.84. The Kier molecular flexibility index (Phi) is 4.86. The highest BCUT2D eigenvalue weighted by Crippen LogP contribution is 2.24. The van der Waals surface area contributed by atoms with Crippen molar-refractivity contribution in [2.45, 2.75) is 20.1 Å². The number of aliphatic hydroxyl groups is 1. The lowest BCUT2D eigenvalue weighted by Crippen LogP contribution is -1.96. The molecule has 0 saturated carbocycles. The Balaban J connectivity index is 1.67. The number of carbonyl (C=O) groups is 1. The van der Waals surface area contributed by atoms with Crippen molar-refractivity contribution in [2.24, 2.45) is 0 Å². The molecule has 0 unspecified atom stereocenters. The van der Waals surface area contributed by atoms with Gasteiger partial charge in [0, 0.05) is 5.56 Å². The molecule has 128 valence electrons. The van der Waals surface area contributed by atoms with E-state index in [2.05, 4.69) is 0 Å². The largest absolute Gasteiger partial charge is 0.489 e. The van der Waals surface area contributed by atoms with E-state index < -0.39 is 5.97 Å². The van der Waals surface area contributed by atoms with Crippen molar-refractivity contribution < 1.29 is 24.2 Å². The van der Waals surface area contributed by atoms with E-state index in [0.29, 0.717) is 17.1 Å². The Bertz CT molecular complexity index is 860. The molecule has 0 atom stereocenters.